The Morgan fingerprint density at radius 3 is 2.55 bits per heavy atom. The molecule has 3 rings (SSSR count). The molecule has 2 unspecified atom stereocenters. The van der Waals surface area contributed by atoms with Crippen molar-refractivity contribution in [2.45, 2.75) is 25.1 Å². The number of fused-ring (bicyclic) bond motifs is 1. The van der Waals surface area contributed by atoms with Gasteiger partial charge >= 0.3 is 0 Å². The van der Waals surface area contributed by atoms with Crippen LogP contribution in [-0.2, 0) is 9.59 Å². The summed E-state index contributed by atoms with van der Waals surface area (Å²) in [5.74, 6) is -2.07. The summed E-state index contributed by atoms with van der Waals surface area (Å²) in [5, 5.41) is 19.6. The highest BCUT2D eigenvalue weighted by molar-refractivity contribution is 6.05. The topological polar surface area (TPSA) is 98.2 Å². The van der Waals surface area contributed by atoms with E-state index in [9.17, 15) is 24.7 Å². The molecule has 0 radical (unpaired) electrons. The lowest BCUT2D eigenvalue weighted by molar-refractivity contribution is -0.189. The molecule has 1 saturated heterocycles. The minimum atomic E-state index is -1.24. The maximum absolute atomic E-state index is 12.3. The molecule has 104 valence electrons. The Hall–Kier alpha value is -2.25. The van der Waals surface area contributed by atoms with E-state index in [1.165, 1.54) is 0 Å². The molecule has 20 heavy (non-hydrogen) atoms. The van der Waals surface area contributed by atoms with E-state index in [1.807, 2.05) is 0 Å². The molecule has 2 atom stereocenters. The van der Waals surface area contributed by atoms with E-state index in [0.717, 1.165) is 4.90 Å². The summed E-state index contributed by atoms with van der Waals surface area (Å²) in [6.07, 6.45) is -1.21. The van der Waals surface area contributed by atoms with Gasteiger partial charge in [0.2, 0.25) is 0 Å². The van der Waals surface area contributed by atoms with Gasteiger partial charge in [-0.1, -0.05) is 18.2 Å². The average Bonchev–Trinajstić information content (AvgIpc) is 2.70. The van der Waals surface area contributed by atoms with Crippen molar-refractivity contribution in [1.29, 1.82) is 0 Å². The summed E-state index contributed by atoms with van der Waals surface area (Å²) in [4.78, 5) is 36.4. The van der Waals surface area contributed by atoms with Gasteiger partial charge < -0.3 is 5.11 Å². The summed E-state index contributed by atoms with van der Waals surface area (Å²) < 4.78 is 0. The van der Waals surface area contributed by atoms with Gasteiger partial charge in [0.05, 0.1) is 0 Å². The van der Waals surface area contributed by atoms with Gasteiger partial charge in [0.1, 0.15) is 6.04 Å². The molecule has 7 nitrogen and oxygen atoms in total. The maximum atomic E-state index is 12.3. The second-order valence-corrected chi connectivity index (χ2v) is 4.77. The Kier molecular flexibility index (Phi) is 2.81. The van der Waals surface area contributed by atoms with E-state index >= 15 is 0 Å². The fraction of sp³-hybridized carbons (Fsp3) is 0.308. The van der Waals surface area contributed by atoms with Crippen LogP contribution in [-0.4, -0.2) is 44.0 Å². The third-order valence-electron chi connectivity index (χ3n) is 3.66. The van der Waals surface area contributed by atoms with Crippen LogP contribution in [0.5, 0.6) is 0 Å². The molecule has 7 heteroatoms. The predicted octanol–water partition coefficient (Wildman–Crippen LogP) is 0.0401. The molecule has 2 heterocycles. The molecular weight excluding hydrogens is 264 g/mol. The van der Waals surface area contributed by atoms with Gasteiger partial charge in [-0.3, -0.25) is 24.5 Å². The highest BCUT2D eigenvalue weighted by Crippen LogP contribution is 2.35. The van der Waals surface area contributed by atoms with E-state index in [2.05, 4.69) is 0 Å². The largest absolute Gasteiger partial charge is 0.369 e. The number of rotatable bonds is 1. The van der Waals surface area contributed by atoms with Crippen LogP contribution in [0.4, 0.5) is 0 Å². The summed E-state index contributed by atoms with van der Waals surface area (Å²) in [6, 6.07) is 5.48. The third kappa shape index (κ3) is 1.64. The van der Waals surface area contributed by atoms with Crippen molar-refractivity contribution in [3.05, 3.63) is 35.4 Å². The molecule has 3 amide bonds. The number of piperidine rings is 1. The van der Waals surface area contributed by atoms with Gasteiger partial charge in [-0.2, -0.15) is 5.06 Å². The fourth-order valence-electron chi connectivity index (χ4n) is 2.64. The number of hydroxylamine groups is 2. The second kappa shape index (κ2) is 4.39. The van der Waals surface area contributed by atoms with Crippen LogP contribution in [0.2, 0.25) is 0 Å². The van der Waals surface area contributed by atoms with Crippen molar-refractivity contribution >= 4 is 17.7 Å². The lowest BCUT2D eigenvalue weighted by Gasteiger charge is -2.34. The zero-order valence-electron chi connectivity index (χ0n) is 10.4. The number of nitrogens with zero attached hydrogens (tertiary/aromatic N) is 2. The molecule has 0 bridgehead atoms. The van der Waals surface area contributed by atoms with Crippen molar-refractivity contribution in [3.8, 4) is 0 Å². The van der Waals surface area contributed by atoms with Crippen LogP contribution in [0.3, 0.4) is 0 Å². The van der Waals surface area contributed by atoms with E-state index in [-0.39, 0.29) is 17.9 Å². The van der Waals surface area contributed by atoms with Crippen LogP contribution in [0, 0.1) is 0 Å². The minimum absolute atomic E-state index is 0.0250. The standard InChI is InChI=1S/C13H12N2O5/c16-10-6-5-9(13(19)15(10)20)14-11(17)7-3-1-2-4-8(7)12(14)18/h1-4,9,11,17,20H,5-6H2. The van der Waals surface area contributed by atoms with Gasteiger partial charge in [-0.15, -0.1) is 0 Å². The van der Waals surface area contributed by atoms with E-state index in [0.29, 0.717) is 11.1 Å². The predicted molar refractivity (Wildman–Crippen MR) is 64.2 cm³/mol. The first-order valence-corrected chi connectivity index (χ1v) is 6.17. The first kappa shape index (κ1) is 12.8. The van der Waals surface area contributed by atoms with Crippen molar-refractivity contribution in [1.82, 2.24) is 9.96 Å². The second-order valence-electron chi connectivity index (χ2n) is 4.77. The molecule has 2 aliphatic heterocycles. The van der Waals surface area contributed by atoms with E-state index in [4.69, 9.17) is 0 Å². The third-order valence-corrected chi connectivity index (χ3v) is 3.66. The molecule has 2 aliphatic rings. The lowest BCUT2D eigenvalue weighted by atomic mass is 10.0. The van der Waals surface area contributed by atoms with Crippen LogP contribution in [0.15, 0.2) is 24.3 Å². The number of hydrogen-bond acceptors (Lipinski definition) is 5. The number of carbonyl (C=O) groups excluding carboxylic acids is 3. The average molecular weight is 276 g/mol. The number of carbonyl (C=O) groups is 3. The van der Waals surface area contributed by atoms with E-state index in [1.54, 1.807) is 24.3 Å². The highest BCUT2D eigenvalue weighted by Gasteiger charge is 2.46. The first-order valence-electron chi connectivity index (χ1n) is 6.17. The number of imide groups is 1. The molecule has 1 fully saturated rings. The minimum Gasteiger partial charge on any atom is -0.369 e. The first-order chi connectivity index (χ1) is 9.52. The Morgan fingerprint density at radius 1 is 1.15 bits per heavy atom. The number of aliphatic hydroxyl groups is 1. The van der Waals surface area contributed by atoms with Gasteiger partial charge in [-0.05, 0) is 12.5 Å². The van der Waals surface area contributed by atoms with Gasteiger partial charge in [0.25, 0.3) is 17.7 Å². The monoisotopic (exact) mass is 276 g/mol. The summed E-state index contributed by atoms with van der Waals surface area (Å²) in [5.41, 5.74) is 0.751. The quantitative estimate of drug-likeness (QED) is 0.557. The zero-order valence-corrected chi connectivity index (χ0v) is 10.4. The fourth-order valence-corrected chi connectivity index (χ4v) is 2.64. The SMILES string of the molecule is O=C1CCC(N2C(=O)c3ccccc3C2O)C(=O)N1O. The number of hydrogen-bond donors (Lipinski definition) is 2. The van der Waals surface area contributed by atoms with Crippen molar-refractivity contribution < 1.29 is 24.7 Å². The lowest BCUT2D eigenvalue weighted by Crippen LogP contribution is -2.54. The van der Waals surface area contributed by atoms with Gasteiger partial charge in [0, 0.05) is 17.5 Å². The molecule has 2 N–H and O–H groups in total. The van der Waals surface area contributed by atoms with Gasteiger partial charge in [-0.25, -0.2) is 0 Å². The number of amides is 3. The number of aliphatic hydroxyl groups excluding tert-OH is 1. The Labute approximate surface area is 114 Å². The van der Waals surface area contributed by atoms with E-state index < -0.39 is 30.0 Å². The molecule has 0 aliphatic carbocycles. The van der Waals surface area contributed by atoms with Crippen molar-refractivity contribution in [3.63, 3.8) is 0 Å². The van der Waals surface area contributed by atoms with Crippen LogP contribution in [0.1, 0.15) is 35.0 Å². The molecule has 0 saturated carbocycles. The zero-order chi connectivity index (χ0) is 14.4. The van der Waals surface area contributed by atoms with Crippen LogP contribution >= 0.6 is 0 Å². The highest BCUT2D eigenvalue weighted by atomic mass is 16.5. The Bertz CT molecular complexity index is 615. The Balaban J connectivity index is 1.95. The summed E-state index contributed by atoms with van der Waals surface area (Å²) >= 11 is 0. The van der Waals surface area contributed by atoms with Crippen molar-refractivity contribution in [2.24, 2.45) is 0 Å². The Morgan fingerprint density at radius 2 is 1.85 bits per heavy atom. The van der Waals surface area contributed by atoms with Crippen LogP contribution in [0.25, 0.3) is 0 Å². The number of benzene rings is 1. The maximum Gasteiger partial charge on any atom is 0.276 e. The molecule has 1 aromatic rings. The summed E-state index contributed by atoms with van der Waals surface area (Å²) in [7, 11) is 0. The molecular formula is C13H12N2O5. The molecule has 1 aromatic carbocycles. The normalized spacial score (nSPS) is 26.2. The smallest absolute Gasteiger partial charge is 0.276 e. The van der Waals surface area contributed by atoms with Crippen molar-refractivity contribution in [2.75, 3.05) is 0 Å². The summed E-state index contributed by atoms with van der Waals surface area (Å²) in [6.45, 7) is 0. The molecule has 0 aromatic heterocycles. The van der Waals surface area contributed by atoms with Gasteiger partial charge in [0.15, 0.2) is 6.23 Å². The van der Waals surface area contributed by atoms with Crippen LogP contribution < -0.4 is 0 Å². The molecule has 0 spiro atoms.